The van der Waals surface area contributed by atoms with E-state index < -0.39 is 8.07 Å². The Morgan fingerprint density at radius 2 is 2.14 bits per heavy atom. The van der Waals surface area contributed by atoms with Crippen LogP contribution in [0.25, 0.3) is 0 Å². The van der Waals surface area contributed by atoms with E-state index in [1.165, 1.54) is 6.04 Å². The van der Waals surface area contributed by atoms with Gasteiger partial charge in [-0.3, -0.25) is 0 Å². The molecule has 1 heterocycles. The van der Waals surface area contributed by atoms with Gasteiger partial charge < -0.3 is 4.74 Å². The Kier molecular flexibility index (Phi) is 3.89. The lowest BCUT2D eigenvalue weighted by Crippen LogP contribution is -2.22. The smallest absolute Gasteiger partial charge is 0.139 e. The van der Waals surface area contributed by atoms with Gasteiger partial charge in [-0.05, 0) is 19.0 Å². The van der Waals surface area contributed by atoms with Crippen LogP contribution in [0.5, 0.6) is 0 Å². The van der Waals surface area contributed by atoms with Gasteiger partial charge in [-0.15, -0.1) is 0 Å². The summed E-state index contributed by atoms with van der Waals surface area (Å²) in [6.07, 6.45) is 1.95. The first-order valence-corrected chi connectivity index (χ1v) is 8.76. The van der Waals surface area contributed by atoms with Crippen molar-refractivity contribution in [1.29, 1.82) is 0 Å². The fourth-order valence-electron chi connectivity index (χ4n) is 1.07. The van der Waals surface area contributed by atoms with Gasteiger partial charge in [0.25, 0.3) is 0 Å². The van der Waals surface area contributed by atoms with Crippen LogP contribution >= 0.6 is 0 Å². The maximum absolute atomic E-state index is 5.54. The Balaban J connectivity index is 2.16. The van der Waals surface area contributed by atoms with Crippen molar-refractivity contribution in [3.05, 3.63) is 18.0 Å². The highest BCUT2D eigenvalue weighted by Gasteiger charge is 2.11. The number of aromatic nitrogens is 2. The van der Waals surface area contributed by atoms with Crippen molar-refractivity contribution < 1.29 is 4.74 Å². The molecule has 1 aromatic rings. The molecule has 0 aliphatic rings. The van der Waals surface area contributed by atoms with Crippen molar-refractivity contribution >= 4 is 8.07 Å². The molecule has 14 heavy (non-hydrogen) atoms. The summed E-state index contributed by atoms with van der Waals surface area (Å²) in [6.45, 7) is 10.5. The van der Waals surface area contributed by atoms with Crippen LogP contribution in [-0.2, 0) is 11.5 Å². The molecule has 0 atom stereocenters. The van der Waals surface area contributed by atoms with E-state index in [0.29, 0.717) is 6.73 Å². The van der Waals surface area contributed by atoms with Crippen molar-refractivity contribution in [2.75, 3.05) is 6.61 Å². The fraction of sp³-hybridized carbons (Fsp3) is 0.700. The van der Waals surface area contributed by atoms with E-state index >= 15 is 0 Å². The highest BCUT2D eigenvalue weighted by Crippen LogP contribution is 2.07. The molecule has 0 spiro atoms. The van der Waals surface area contributed by atoms with E-state index in [4.69, 9.17) is 4.74 Å². The number of hydrogen-bond donors (Lipinski definition) is 0. The van der Waals surface area contributed by atoms with Gasteiger partial charge in [-0.2, -0.15) is 5.10 Å². The number of nitrogens with zero attached hydrogens (tertiary/aromatic N) is 2. The van der Waals surface area contributed by atoms with E-state index in [0.717, 1.165) is 12.3 Å². The Hall–Kier alpha value is -0.613. The van der Waals surface area contributed by atoms with Gasteiger partial charge in [-0.1, -0.05) is 19.6 Å². The molecule has 0 aliphatic heterocycles. The number of aryl methyl sites for hydroxylation is 1. The zero-order valence-corrected chi connectivity index (χ0v) is 10.6. The first-order chi connectivity index (χ1) is 6.47. The molecular weight excluding hydrogens is 192 g/mol. The van der Waals surface area contributed by atoms with Gasteiger partial charge in [0.1, 0.15) is 6.73 Å². The van der Waals surface area contributed by atoms with Crippen LogP contribution in [0.3, 0.4) is 0 Å². The third-order valence-corrected chi connectivity index (χ3v) is 3.70. The minimum absolute atomic E-state index is 0.582. The zero-order chi connectivity index (χ0) is 10.6. The molecule has 0 saturated carbocycles. The maximum atomic E-state index is 5.54. The predicted octanol–water partition coefficient (Wildman–Crippen LogP) is 2.50. The summed E-state index contributed by atoms with van der Waals surface area (Å²) >= 11 is 0. The second-order valence-corrected chi connectivity index (χ2v) is 10.5. The lowest BCUT2D eigenvalue weighted by molar-refractivity contribution is 0.0784. The predicted molar refractivity (Wildman–Crippen MR) is 61.1 cm³/mol. The number of rotatable bonds is 5. The largest absolute Gasteiger partial charge is 0.360 e. The van der Waals surface area contributed by atoms with Crippen molar-refractivity contribution in [3.8, 4) is 0 Å². The van der Waals surface area contributed by atoms with Gasteiger partial charge in [0.15, 0.2) is 0 Å². The van der Waals surface area contributed by atoms with Crippen LogP contribution in [-0.4, -0.2) is 24.5 Å². The standard InChI is InChI=1S/C10H20N2OSi/c1-10-5-6-12(11-10)9-13-7-8-14(2,3)4/h5-6H,7-9H2,1-4H3. The normalized spacial score (nSPS) is 12.0. The molecule has 0 radical (unpaired) electrons. The summed E-state index contributed by atoms with van der Waals surface area (Å²) in [6, 6.07) is 3.20. The van der Waals surface area contributed by atoms with Crippen molar-refractivity contribution in [1.82, 2.24) is 9.78 Å². The highest BCUT2D eigenvalue weighted by atomic mass is 28.3. The molecule has 3 nitrogen and oxygen atoms in total. The van der Waals surface area contributed by atoms with Gasteiger partial charge in [0.2, 0.25) is 0 Å². The molecule has 0 unspecified atom stereocenters. The van der Waals surface area contributed by atoms with E-state index in [1.807, 2.05) is 23.9 Å². The van der Waals surface area contributed by atoms with Crippen LogP contribution in [0.1, 0.15) is 5.69 Å². The molecule has 1 aromatic heterocycles. The second kappa shape index (κ2) is 4.75. The molecule has 0 amide bonds. The summed E-state index contributed by atoms with van der Waals surface area (Å²) < 4.78 is 7.38. The number of hydrogen-bond acceptors (Lipinski definition) is 2. The first-order valence-electron chi connectivity index (χ1n) is 5.05. The zero-order valence-electron chi connectivity index (χ0n) is 9.58. The summed E-state index contributed by atoms with van der Waals surface area (Å²) in [5, 5.41) is 4.25. The molecule has 0 fully saturated rings. The second-order valence-electron chi connectivity index (χ2n) is 4.84. The van der Waals surface area contributed by atoms with Crippen LogP contribution in [0.4, 0.5) is 0 Å². The van der Waals surface area contributed by atoms with Gasteiger partial charge in [0.05, 0.1) is 5.69 Å². The molecule has 0 N–H and O–H groups in total. The van der Waals surface area contributed by atoms with Crippen molar-refractivity contribution in [2.24, 2.45) is 0 Å². The average Bonchev–Trinajstić information content (AvgIpc) is 2.44. The molecule has 80 valence electrons. The Morgan fingerprint density at radius 3 is 2.64 bits per heavy atom. The monoisotopic (exact) mass is 212 g/mol. The Labute approximate surface area is 87.1 Å². The fourth-order valence-corrected chi connectivity index (χ4v) is 1.83. The molecular formula is C10H20N2OSi. The lowest BCUT2D eigenvalue weighted by Gasteiger charge is -2.15. The van der Waals surface area contributed by atoms with Crippen LogP contribution in [0.2, 0.25) is 25.7 Å². The quantitative estimate of drug-likeness (QED) is 0.554. The molecule has 4 heteroatoms. The summed E-state index contributed by atoms with van der Waals surface area (Å²) in [7, 11) is -0.945. The molecule has 0 aliphatic carbocycles. The SMILES string of the molecule is Cc1ccn(COCC[Si](C)(C)C)n1. The number of ether oxygens (including phenoxy) is 1. The summed E-state index contributed by atoms with van der Waals surface area (Å²) in [5.41, 5.74) is 1.04. The lowest BCUT2D eigenvalue weighted by atomic mass is 10.5. The van der Waals surface area contributed by atoms with Crippen molar-refractivity contribution in [3.63, 3.8) is 0 Å². The maximum Gasteiger partial charge on any atom is 0.139 e. The van der Waals surface area contributed by atoms with Crippen LogP contribution < -0.4 is 0 Å². The van der Waals surface area contributed by atoms with Gasteiger partial charge in [0, 0.05) is 20.9 Å². The summed E-state index contributed by atoms with van der Waals surface area (Å²) in [4.78, 5) is 0. The summed E-state index contributed by atoms with van der Waals surface area (Å²) in [5.74, 6) is 0. The van der Waals surface area contributed by atoms with E-state index in [2.05, 4.69) is 24.7 Å². The molecule has 0 saturated heterocycles. The molecule has 0 bridgehead atoms. The van der Waals surface area contributed by atoms with Gasteiger partial charge >= 0.3 is 0 Å². The average molecular weight is 212 g/mol. The van der Waals surface area contributed by atoms with Crippen LogP contribution in [0.15, 0.2) is 12.3 Å². The highest BCUT2D eigenvalue weighted by molar-refractivity contribution is 6.76. The third-order valence-electron chi connectivity index (χ3n) is 1.99. The van der Waals surface area contributed by atoms with E-state index in [-0.39, 0.29) is 0 Å². The topological polar surface area (TPSA) is 27.1 Å². The van der Waals surface area contributed by atoms with E-state index in [1.54, 1.807) is 0 Å². The Morgan fingerprint density at radius 1 is 1.43 bits per heavy atom. The third kappa shape index (κ3) is 4.57. The molecule has 0 aromatic carbocycles. The van der Waals surface area contributed by atoms with Crippen molar-refractivity contribution in [2.45, 2.75) is 39.3 Å². The molecule has 1 rings (SSSR count). The minimum Gasteiger partial charge on any atom is -0.360 e. The Bertz CT molecular complexity index is 278. The van der Waals surface area contributed by atoms with Crippen LogP contribution in [0, 0.1) is 6.92 Å². The van der Waals surface area contributed by atoms with Gasteiger partial charge in [-0.25, -0.2) is 4.68 Å². The minimum atomic E-state index is -0.945. The first kappa shape index (κ1) is 11.5. The van der Waals surface area contributed by atoms with E-state index in [9.17, 15) is 0 Å².